The van der Waals surface area contributed by atoms with E-state index in [9.17, 15) is 5.11 Å². The molecule has 0 saturated heterocycles. The first-order valence-electron chi connectivity index (χ1n) is 11.6. The maximum Gasteiger partial charge on any atom is 0.0898 e. The molecule has 3 aromatic carbocycles. The van der Waals surface area contributed by atoms with Gasteiger partial charge in [0, 0.05) is 12.1 Å². The number of nitrogens with one attached hydrogen (secondary N) is 2. The zero-order chi connectivity index (χ0) is 23.3. The zero-order valence-corrected chi connectivity index (χ0v) is 19.3. The van der Waals surface area contributed by atoms with Crippen LogP contribution in [0.1, 0.15) is 43.9 Å². The van der Waals surface area contributed by atoms with Crippen LogP contribution in [0.3, 0.4) is 0 Å². The summed E-state index contributed by atoms with van der Waals surface area (Å²) in [7, 11) is 0. The maximum absolute atomic E-state index is 10.6. The average molecular weight is 451 g/mol. The summed E-state index contributed by atoms with van der Waals surface area (Å²) < 4.78 is 6.16. The molecular weight excluding hydrogens is 416 g/mol. The highest BCUT2D eigenvalue weighted by Crippen LogP contribution is 2.43. The van der Waals surface area contributed by atoms with Gasteiger partial charge in [0.05, 0.1) is 24.5 Å². The van der Waals surface area contributed by atoms with E-state index in [1.807, 2.05) is 18.2 Å². The summed E-state index contributed by atoms with van der Waals surface area (Å²) in [5.41, 5.74) is 5.21. The molecule has 6 heteroatoms. The first kappa shape index (κ1) is 23.7. The van der Waals surface area contributed by atoms with Crippen LogP contribution in [0.25, 0.3) is 10.8 Å². The van der Waals surface area contributed by atoms with Gasteiger partial charge >= 0.3 is 0 Å². The van der Waals surface area contributed by atoms with E-state index in [2.05, 4.69) is 72.1 Å². The second-order valence-corrected chi connectivity index (χ2v) is 9.69. The molecule has 33 heavy (non-hydrogen) atoms. The number of ether oxygens (including phenoxy) is 1. The lowest BCUT2D eigenvalue weighted by molar-refractivity contribution is -0.215. The van der Waals surface area contributed by atoms with Crippen molar-refractivity contribution in [3.05, 3.63) is 77.9 Å². The van der Waals surface area contributed by atoms with E-state index in [-0.39, 0.29) is 18.2 Å². The number of β-amino-alcohol motifs (C(OH)–C–C–N with tert-alkyl or cyclic N) is 1. The molecular formula is C27H34N2O4. The van der Waals surface area contributed by atoms with Gasteiger partial charge in [0.2, 0.25) is 0 Å². The minimum Gasteiger partial charge on any atom is -0.389 e. The van der Waals surface area contributed by atoms with Crippen molar-refractivity contribution < 1.29 is 20.1 Å². The summed E-state index contributed by atoms with van der Waals surface area (Å²) in [5, 5.41) is 25.2. The summed E-state index contributed by atoms with van der Waals surface area (Å²) in [5.74, 6) is 0.458. The molecule has 0 aliphatic heterocycles. The van der Waals surface area contributed by atoms with E-state index >= 15 is 0 Å². The molecule has 0 amide bonds. The summed E-state index contributed by atoms with van der Waals surface area (Å²) in [6, 6.07) is 22.6. The van der Waals surface area contributed by atoms with Gasteiger partial charge in [-0.05, 0) is 73.1 Å². The van der Waals surface area contributed by atoms with Crippen LogP contribution in [0, 0.1) is 5.92 Å². The molecule has 1 aliphatic rings. The Morgan fingerprint density at radius 1 is 1.00 bits per heavy atom. The predicted octanol–water partition coefficient (Wildman–Crippen LogP) is 5.10. The predicted molar refractivity (Wildman–Crippen MR) is 131 cm³/mol. The molecule has 1 unspecified atom stereocenters. The molecule has 1 saturated carbocycles. The van der Waals surface area contributed by atoms with Gasteiger partial charge in [0.1, 0.15) is 0 Å². The highest BCUT2D eigenvalue weighted by molar-refractivity contribution is 5.83. The number of rotatable bonds is 12. The fourth-order valence-corrected chi connectivity index (χ4v) is 4.32. The van der Waals surface area contributed by atoms with Crippen molar-refractivity contribution in [1.82, 2.24) is 5.32 Å². The Bertz CT molecular complexity index is 1050. The maximum atomic E-state index is 10.6. The largest absolute Gasteiger partial charge is 0.389 e. The van der Waals surface area contributed by atoms with E-state index in [4.69, 9.17) is 9.99 Å². The van der Waals surface area contributed by atoms with Gasteiger partial charge in [0.25, 0.3) is 0 Å². The normalized spacial score (nSPS) is 16.0. The minimum atomic E-state index is -0.607. The van der Waals surface area contributed by atoms with Crippen molar-refractivity contribution in [3.8, 4) is 0 Å². The molecule has 0 heterocycles. The molecule has 0 aromatic heterocycles. The van der Waals surface area contributed by atoms with Gasteiger partial charge < -0.3 is 15.2 Å². The summed E-state index contributed by atoms with van der Waals surface area (Å²) >= 11 is 0. The highest BCUT2D eigenvalue weighted by Gasteiger charge is 2.33. The van der Waals surface area contributed by atoms with Crippen molar-refractivity contribution in [2.75, 3.05) is 18.6 Å². The molecule has 2 atom stereocenters. The van der Waals surface area contributed by atoms with Gasteiger partial charge in [-0.2, -0.15) is 0 Å². The van der Waals surface area contributed by atoms with Crippen molar-refractivity contribution >= 4 is 16.5 Å². The molecule has 6 nitrogen and oxygen atoms in total. The highest BCUT2D eigenvalue weighted by atomic mass is 17.2. The molecule has 4 N–H and O–H groups in total. The molecule has 4 rings (SSSR count). The lowest BCUT2D eigenvalue weighted by Gasteiger charge is -2.29. The molecule has 176 valence electrons. The molecule has 0 bridgehead atoms. The summed E-state index contributed by atoms with van der Waals surface area (Å²) in [4.78, 5) is 4.03. The van der Waals surface area contributed by atoms with Gasteiger partial charge in [0.15, 0.2) is 0 Å². The number of aliphatic hydroxyl groups is 1. The first-order valence-corrected chi connectivity index (χ1v) is 11.6. The van der Waals surface area contributed by atoms with E-state index in [0.717, 1.165) is 24.8 Å². The van der Waals surface area contributed by atoms with Crippen LogP contribution in [-0.4, -0.2) is 35.2 Å². The third-order valence-corrected chi connectivity index (χ3v) is 6.17. The quantitative estimate of drug-likeness (QED) is 0.227. The second-order valence-electron chi connectivity index (χ2n) is 9.69. The zero-order valence-electron chi connectivity index (χ0n) is 19.3. The fraction of sp³-hybridized carbons (Fsp3) is 0.407. The SMILES string of the molecule is CC(C)(Cc1ccc2ccccc2c1)NC[C@@H](O)COC(c1cccc(NOO)c1)C1CC1. The van der Waals surface area contributed by atoms with Crippen LogP contribution >= 0.6 is 0 Å². The first-order chi connectivity index (χ1) is 15.9. The molecule has 0 radical (unpaired) electrons. The Morgan fingerprint density at radius 2 is 1.79 bits per heavy atom. The van der Waals surface area contributed by atoms with E-state index < -0.39 is 6.10 Å². The second kappa shape index (κ2) is 10.6. The van der Waals surface area contributed by atoms with Crippen molar-refractivity contribution in [2.24, 2.45) is 5.92 Å². The minimum absolute atomic E-state index is 0.0781. The third-order valence-electron chi connectivity index (χ3n) is 6.17. The number of anilines is 1. The van der Waals surface area contributed by atoms with Gasteiger partial charge in [-0.3, -0.25) is 0 Å². The number of aliphatic hydroxyl groups excluding tert-OH is 1. The van der Waals surface area contributed by atoms with Crippen molar-refractivity contribution in [1.29, 1.82) is 0 Å². The topological polar surface area (TPSA) is 83.0 Å². The number of hydrogen-bond acceptors (Lipinski definition) is 6. The fourth-order valence-electron chi connectivity index (χ4n) is 4.32. The van der Waals surface area contributed by atoms with Crippen LogP contribution in [0.15, 0.2) is 66.7 Å². The van der Waals surface area contributed by atoms with E-state index in [1.54, 1.807) is 6.07 Å². The van der Waals surface area contributed by atoms with E-state index in [1.165, 1.54) is 16.3 Å². The smallest absolute Gasteiger partial charge is 0.0898 e. The van der Waals surface area contributed by atoms with Crippen LogP contribution < -0.4 is 10.8 Å². The van der Waals surface area contributed by atoms with E-state index in [0.29, 0.717) is 18.2 Å². The van der Waals surface area contributed by atoms with Crippen LogP contribution in [-0.2, 0) is 16.1 Å². The number of benzene rings is 3. The van der Waals surface area contributed by atoms with Gasteiger partial charge in [-0.15, -0.1) is 4.99 Å². The van der Waals surface area contributed by atoms with Crippen molar-refractivity contribution in [2.45, 2.75) is 50.9 Å². The summed E-state index contributed by atoms with van der Waals surface area (Å²) in [6.45, 7) is 5.03. The Morgan fingerprint density at radius 3 is 2.55 bits per heavy atom. The average Bonchev–Trinajstić information content (AvgIpc) is 3.63. The Hall–Kier alpha value is -2.48. The lowest BCUT2D eigenvalue weighted by Crippen LogP contribution is -2.46. The summed E-state index contributed by atoms with van der Waals surface area (Å²) in [6.07, 6.45) is 2.41. The van der Waals surface area contributed by atoms with Gasteiger partial charge in [-0.25, -0.2) is 10.7 Å². The monoisotopic (exact) mass is 450 g/mol. The molecule has 3 aromatic rings. The van der Waals surface area contributed by atoms with Gasteiger partial charge in [-0.1, -0.05) is 54.6 Å². The third kappa shape index (κ3) is 6.76. The molecule has 0 spiro atoms. The van der Waals surface area contributed by atoms with Crippen molar-refractivity contribution in [3.63, 3.8) is 0 Å². The standard InChI is InChI=1S/C27H34N2O4/c1-27(2,16-19-10-11-20-6-3-4-7-22(20)14-19)28-17-25(30)18-32-26(21-12-13-21)23-8-5-9-24(15-23)29-33-31/h3-11,14-15,21,25-26,28-31H,12-13,16-18H2,1-2H3/t25-,26?/m1/s1. The molecule has 1 aliphatic carbocycles. The van der Waals surface area contributed by atoms with Crippen LogP contribution in [0.4, 0.5) is 5.69 Å². The Labute approximate surface area is 195 Å². The van der Waals surface area contributed by atoms with Crippen LogP contribution in [0.2, 0.25) is 0 Å². The number of fused-ring (bicyclic) bond motifs is 1. The Kier molecular flexibility index (Phi) is 7.63. The molecule has 1 fully saturated rings. The van der Waals surface area contributed by atoms with Crippen LogP contribution in [0.5, 0.6) is 0 Å². The Balaban J connectivity index is 1.29. The lowest BCUT2D eigenvalue weighted by atomic mass is 9.93. The number of hydrogen-bond donors (Lipinski definition) is 4.